The number of aromatic nitrogens is 3. The van der Waals surface area contributed by atoms with Crippen LogP contribution in [0.15, 0.2) is 36.7 Å². The number of hydrogen-bond donors (Lipinski definition) is 0. The van der Waals surface area contributed by atoms with Crippen molar-refractivity contribution in [1.29, 1.82) is 0 Å². The van der Waals surface area contributed by atoms with Crippen molar-refractivity contribution in [2.24, 2.45) is 0 Å². The molecule has 0 N–H and O–H groups in total. The molecule has 0 bridgehead atoms. The van der Waals surface area contributed by atoms with E-state index < -0.39 is 0 Å². The molecule has 1 aliphatic rings. The van der Waals surface area contributed by atoms with Gasteiger partial charge in [0.15, 0.2) is 5.65 Å². The lowest BCUT2D eigenvalue weighted by Crippen LogP contribution is -2.37. The molecule has 2 aromatic heterocycles. The molecule has 1 saturated heterocycles. The van der Waals surface area contributed by atoms with E-state index in [1.807, 2.05) is 6.07 Å². The highest BCUT2D eigenvalue weighted by Gasteiger charge is 2.20. The van der Waals surface area contributed by atoms with Crippen LogP contribution in [0, 0.1) is 5.82 Å². The summed E-state index contributed by atoms with van der Waals surface area (Å²) in [5, 5.41) is 4.68. The SMILES string of the molecule is Fc1cc(Cl)ccc1-c1cnc2c(N3CCC3)ccnn12. The van der Waals surface area contributed by atoms with Gasteiger partial charge < -0.3 is 4.90 Å². The second-order valence-corrected chi connectivity index (χ2v) is 5.50. The molecule has 4 rings (SSSR count). The first kappa shape index (κ1) is 12.6. The van der Waals surface area contributed by atoms with E-state index in [0.717, 1.165) is 24.4 Å². The third-order valence-corrected chi connectivity index (χ3v) is 4.02. The molecule has 3 aromatic rings. The number of halogens is 2. The highest BCUT2D eigenvalue weighted by atomic mass is 35.5. The molecule has 0 aliphatic carbocycles. The van der Waals surface area contributed by atoms with Crippen molar-refractivity contribution in [2.75, 3.05) is 18.0 Å². The van der Waals surface area contributed by atoms with E-state index in [1.165, 1.54) is 12.5 Å². The van der Waals surface area contributed by atoms with Gasteiger partial charge in [-0.1, -0.05) is 11.6 Å². The Balaban J connectivity index is 1.90. The van der Waals surface area contributed by atoms with Crippen LogP contribution in [0.3, 0.4) is 0 Å². The fourth-order valence-electron chi connectivity index (χ4n) is 2.57. The van der Waals surface area contributed by atoms with E-state index >= 15 is 0 Å². The van der Waals surface area contributed by atoms with Crippen molar-refractivity contribution in [2.45, 2.75) is 6.42 Å². The monoisotopic (exact) mass is 302 g/mol. The predicted octanol–water partition coefficient (Wildman–Crippen LogP) is 3.40. The first-order chi connectivity index (χ1) is 10.2. The number of imidazole rings is 1. The van der Waals surface area contributed by atoms with Crippen LogP contribution in [0.5, 0.6) is 0 Å². The molecule has 4 nitrogen and oxygen atoms in total. The number of fused-ring (bicyclic) bond motifs is 1. The second kappa shape index (κ2) is 4.70. The van der Waals surface area contributed by atoms with Gasteiger partial charge in [-0.2, -0.15) is 5.10 Å². The van der Waals surface area contributed by atoms with Gasteiger partial charge in [-0.15, -0.1) is 0 Å². The van der Waals surface area contributed by atoms with Crippen LogP contribution >= 0.6 is 11.6 Å². The van der Waals surface area contributed by atoms with Crippen molar-refractivity contribution in [3.05, 3.63) is 47.5 Å². The average Bonchev–Trinajstić information content (AvgIpc) is 2.82. The van der Waals surface area contributed by atoms with Gasteiger partial charge >= 0.3 is 0 Å². The maximum absolute atomic E-state index is 14.1. The molecule has 0 atom stereocenters. The molecular formula is C15H12ClFN4. The zero-order valence-electron chi connectivity index (χ0n) is 11.1. The largest absolute Gasteiger partial charge is 0.368 e. The Labute approximate surface area is 125 Å². The Hall–Kier alpha value is -2.14. The lowest BCUT2D eigenvalue weighted by Gasteiger charge is -2.32. The lowest BCUT2D eigenvalue weighted by molar-refractivity contribution is 0.617. The molecule has 0 saturated carbocycles. The van der Waals surface area contributed by atoms with Gasteiger partial charge in [0.05, 0.1) is 23.8 Å². The third-order valence-electron chi connectivity index (χ3n) is 3.79. The minimum Gasteiger partial charge on any atom is -0.368 e. The molecule has 106 valence electrons. The van der Waals surface area contributed by atoms with Crippen LogP contribution in [0.25, 0.3) is 16.9 Å². The maximum atomic E-state index is 14.1. The molecule has 3 heterocycles. The molecule has 0 unspecified atom stereocenters. The van der Waals surface area contributed by atoms with E-state index in [-0.39, 0.29) is 5.82 Å². The summed E-state index contributed by atoms with van der Waals surface area (Å²) in [4.78, 5) is 6.66. The topological polar surface area (TPSA) is 33.4 Å². The molecule has 1 aromatic carbocycles. The van der Waals surface area contributed by atoms with Gasteiger partial charge in [0.25, 0.3) is 0 Å². The Morgan fingerprint density at radius 2 is 2.05 bits per heavy atom. The molecule has 21 heavy (non-hydrogen) atoms. The molecule has 1 fully saturated rings. The summed E-state index contributed by atoms with van der Waals surface area (Å²) >= 11 is 5.81. The summed E-state index contributed by atoms with van der Waals surface area (Å²) in [6.07, 6.45) is 4.56. The van der Waals surface area contributed by atoms with Gasteiger partial charge in [0.2, 0.25) is 0 Å². The van der Waals surface area contributed by atoms with Crippen LogP contribution in [0.2, 0.25) is 5.02 Å². The molecule has 0 spiro atoms. The summed E-state index contributed by atoms with van der Waals surface area (Å²) in [5.74, 6) is -0.375. The van der Waals surface area contributed by atoms with Gasteiger partial charge in [0.1, 0.15) is 5.82 Å². The van der Waals surface area contributed by atoms with Gasteiger partial charge in [-0.05, 0) is 30.7 Å². The summed E-state index contributed by atoms with van der Waals surface area (Å²) in [5.41, 5.74) is 2.86. The summed E-state index contributed by atoms with van der Waals surface area (Å²) in [7, 11) is 0. The maximum Gasteiger partial charge on any atom is 0.177 e. The second-order valence-electron chi connectivity index (χ2n) is 5.06. The number of benzene rings is 1. The minimum atomic E-state index is -0.375. The zero-order valence-corrected chi connectivity index (χ0v) is 11.9. The molecule has 6 heteroatoms. The van der Waals surface area contributed by atoms with Gasteiger partial charge in [-0.25, -0.2) is 13.9 Å². The number of nitrogens with zero attached hydrogens (tertiary/aromatic N) is 4. The lowest BCUT2D eigenvalue weighted by atomic mass is 10.1. The molecule has 0 radical (unpaired) electrons. The summed E-state index contributed by atoms with van der Waals surface area (Å²) < 4.78 is 15.8. The smallest absolute Gasteiger partial charge is 0.177 e. The predicted molar refractivity (Wildman–Crippen MR) is 80.2 cm³/mol. The van der Waals surface area contributed by atoms with Gasteiger partial charge in [-0.3, -0.25) is 0 Å². The van der Waals surface area contributed by atoms with E-state index in [4.69, 9.17) is 11.6 Å². The normalized spacial score (nSPS) is 14.5. The summed E-state index contributed by atoms with van der Waals surface area (Å²) in [6.45, 7) is 2.05. The number of hydrogen-bond acceptors (Lipinski definition) is 3. The van der Waals surface area contributed by atoms with E-state index in [1.54, 1.807) is 29.0 Å². The first-order valence-corrected chi connectivity index (χ1v) is 7.15. The molecule has 0 amide bonds. The highest BCUT2D eigenvalue weighted by Crippen LogP contribution is 2.30. The van der Waals surface area contributed by atoms with Crippen molar-refractivity contribution in [3.63, 3.8) is 0 Å². The van der Waals surface area contributed by atoms with Crippen LogP contribution < -0.4 is 4.90 Å². The van der Waals surface area contributed by atoms with Crippen molar-refractivity contribution < 1.29 is 4.39 Å². The Morgan fingerprint density at radius 1 is 1.19 bits per heavy atom. The Bertz CT molecular complexity index is 826. The Morgan fingerprint density at radius 3 is 2.76 bits per heavy atom. The minimum absolute atomic E-state index is 0.374. The third kappa shape index (κ3) is 1.96. The molecule has 1 aliphatic heterocycles. The highest BCUT2D eigenvalue weighted by molar-refractivity contribution is 6.30. The fraction of sp³-hybridized carbons (Fsp3) is 0.200. The van der Waals surface area contributed by atoms with Crippen LogP contribution in [-0.2, 0) is 0 Å². The Kier molecular flexibility index (Phi) is 2.82. The fourth-order valence-corrected chi connectivity index (χ4v) is 2.73. The first-order valence-electron chi connectivity index (χ1n) is 6.77. The van der Waals surface area contributed by atoms with Crippen molar-refractivity contribution in [1.82, 2.24) is 14.6 Å². The summed E-state index contributed by atoms with van der Waals surface area (Å²) in [6, 6.07) is 6.57. The van der Waals surface area contributed by atoms with Crippen molar-refractivity contribution >= 4 is 22.9 Å². The number of rotatable bonds is 2. The standard InChI is InChI=1S/C15H12ClFN4/c16-10-2-3-11(12(17)8-10)14-9-18-15-13(20-6-1-7-20)4-5-19-21(14)15/h2-5,8-9H,1,6-7H2. The molecular weight excluding hydrogens is 291 g/mol. The van der Waals surface area contributed by atoms with Crippen molar-refractivity contribution in [3.8, 4) is 11.3 Å². The van der Waals surface area contributed by atoms with Gasteiger partial charge in [0, 0.05) is 23.7 Å². The number of anilines is 1. The van der Waals surface area contributed by atoms with E-state index in [0.29, 0.717) is 16.3 Å². The average molecular weight is 303 g/mol. The van der Waals surface area contributed by atoms with E-state index in [2.05, 4.69) is 15.0 Å². The quantitative estimate of drug-likeness (QED) is 0.727. The zero-order chi connectivity index (χ0) is 14.4. The van der Waals surface area contributed by atoms with Crippen LogP contribution in [-0.4, -0.2) is 27.7 Å². The van der Waals surface area contributed by atoms with E-state index in [9.17, 15) is 4.39 Å². The van der Waals surface area contributed by atoms with Crippen LogP contribution in [0.1, 0.15) is 6.42 Å². The van der Waals surface area contributed by atoms with Crippen LogP contribution in [0.4, 0.5) is 10.1 Å².